The standard InChI is InChI=1S/C19H26N8O3/c20-19(21)26-10-8-25(9-11-26)7-6-15-12-27(24-23-15)13-16(28)22-17(18(29)30)14-4-2-1-3-5-14/h1-5,12,17H,6-11,13H2,(H3,20,21)(H,22,28)(H,29,30)/t17-/m0/s1. The molecule has 0 radical (unpaired) electrons. The predicted octanol–water partition coefficient (Wildman–Crippen LogP) is -0.726. The first-order chi connectivity index (χ1) is 14.4. The zero-order valence-corrected chi connectivity index (χ0v) is 16.6. The maximum Gasteiger partial charge on any atom is 0.330 e. The van der Waals surface area contributed by atoms with E-state index in [-0.39, 0.29) is 12.5 Å². The Kier molecular flexibility index (Phi) is 6.96. The minimum atomic E-state index is -1.13. The van der Waals surface area contributed by atoms with Gasteiger partial charge < -0.3 is 21.1 Å². The Morgan fingerprint density at radius 2 is 1.90 bits per heavy atom. The molecule has 1 amide bonds. The molecule has 5 N–H and O–H groups in total. The third-order valence-corrected chi connectivity index (χ3v) is 4.97. The molecule has 0 spiro atoms. The highest BCUT2D eigenvalue weighted by Crippen LogP contribution is 2.12. The van der Waals surface area contributed by atoms with Gasteiger partial charge in [-0.15, -0.1) is 5.10 Å². The van der Waals surface area contributed by atoms with Crippen LogP contribution in [0.4, 0.5) is 0 Å². The lowest BCUT2D eigenvalue weighted by Crippen LogP contribution is -2.51. The van der Waals surface area contributed by atoms with Crippen LogP contribution in [0.2, 0.25) is 0 Å². The number of carbonyl (C=O) groups excluding carboxylic acids is 1. The number of nitrogens with one attached hydrogen (secondary N) is 2. The second-order valence-electron chi connectivity index (χ2n) is 7.12. The molecule has 0 unspecified atom stereocenters. The van der Waals surface area contributed by atoms with E-state index in [1.165, 1.54) is 4.68 Å². The van der Waals surface area contributed by atoms with Crippen LogP contribution in [-0.2, 0) is 22.6 Å². The number of carboxylic acids is 1. The van der Waals surface area contributed by atoms with Gasteiger partial charge in [-0.25, -0.2) is 9.48 Å². The van der Waals surface area contributed by atoms with Gasteiger partial charge in [0, 0.05) is 45.3 Å². The van der Waals surface area contributed by atoms with Crippen LogP contribution in [0.25, 0.3) is 0 Å². The van der Waals surface area contributed by atoms with Crippen molar-refractivity contribution in [1.29, 1.82) is 5.41 Å². The number of rotatable bonds is 8. The number of amides is 1. The van der Waals surface area contributed by atoms with Gasteiger partial charge in [0.2, 0.25) is 5.91 Å². The molecule has 0 aliphatic carbocycles. The SMILES string of the molecule is N=C(N)N1CCN(CCc2cn(CC(=O)N[C@H](C(=O)O)c3ccccc3)nn2)CC1. The average molecular weight is 414 g/mol. The maximum absolute atomic E-state index is 12.3. The molecule has 1 aliphatic rings. The minimum absolute atomic E-state index is 0.105. The molecule has 1 atom stereocenters. The summed E-state index contributed by atoms with van der Waals surface area (Å²) in [6.07, 6.45) is 2.38. The number of benzene rings is 1. The van der Waals surface area contributed by atoms with Crippen LogP contribution < -0.4 is 11.1 Å². The maximum atomic E-state index is 12.3. The molecule has 1 aromatic carbocycles. The second kappa shape index (κ2) is 9.83. The van der Waals surface area contributed by atoms with E-state index in [2.05, 4.69) is 20.5 Å². The van der Waals surface area contributed by atoms with Crippen molar-refractivity contribution in [3.8, 4) is 0 Å². The van der Waals surface area contributed by atoms with Gasteiger partial charge in [0.15, 0.2) is 12.0 Å². The van der Waals surface area contributed by atoms with Crippen LogP contribution in [-0.4, -0.2) is 80.5 Å². The molecular weight excluding hydrogens is 388 g/mol. The highest BCUT2D eigenvalue weighted by atomic mass is 16.4. The third kappa shape index (κ3) is 5.77. The van der Waals surface area contributed by atoms with Crippen LogP contribution in [0.5, 0.6) is 0 Å². The zero-order valence-electron chi connectivity index (χ0n) is 16.6. The lowest BCUT2D eigenvalue weighted by molar-refractivity contribution is -0.142. The summed E-state index contributed by atoms with van der Waals surface area (Å²) in [5, 5.41) is 27.5. The van der Waals surface area contributed by atoms with Crippen molar-refractivity contribution in [1.82, 2.24) is 30.1 Å². The summed E-state index contributed by atoms with van der Waals surface area (Å²) in [4.78, 5) is 27.9. The van der Waals surface area contributed by atoms with Crippen molar-refractivity contribution in [2.75, 3.05) is 32.7 Å². The summed E-state index contributed by atoms with van der Waals surface area (Å²) in [5.74, 6) is -1.48. The molecule has 160 valence electrons. The summed E-state index contributed by atoms with van der Waals surface area (Å²) in [6.45, 7) is 3.80. The zero-order chi connectivity index (χ0) is 21.5. The molecule has 2 aromatic rings. The van der Waals surface area contributed by atoms with E-state index in [0.717, 1.165) is 38.4 Å². The van der Waals surface area contributed by atoms with Gasteiger partial charge in [0.1, 0.15) is 6.54 Å². The predicted molar refractivity (Wildman–Crippen MR) is 109 cm³/mol. The first kappa shape index (κ1) is 21.2. The highest BCUT2D eigenvalue weighted by Gasteiger charge is 2.22. The number of carboxylic acid groups (broad SMARTS) is 1. The topological polar surface area (TPSA) is 153 Å². The Morgan fingerprint density at radius 3 is 2.53 bits per heavy atom. The fraction of sp³-hybridized carbons (Fsp3) is 0.421. The molecule has 3 rings (SSSR count). The second-order valence-corrected chi connectivity index (χ2v) is 7.12. The normalized spacial score (nSPS) is 15.5. The Balaban J connectivity index is 1.47. The van der Waals surface area contributed by atoms with Gasteiger partial charge in [0.25, 0.3) is 0 Å². The number of guanidine groups is 1. The van der Waals surface area contributed by atoms with Crippen molar-refractivity contribution in [3.05, 3.63) is 47.8 Å². The van der Waals surface area contributed by atoms with Gasteiger partial charge >= 0.3 is 5.97 Å². The van der Waals surface area contributed by atoms with Crippen molar-refractivity contribution in [3.63, 3.8) is 0 Å². The molecule has 1 aromatic heterocycles. The lowest BCUT2D eigenvalue weighted by atomic mass is 10.1. The van der Waals surface area contributed by atoms with Gasteiger partial charge in [-0.05, 0) is 5.56 Å². The van der Waals surface area contributed by atoms with Gasteiger partial charge in [-0.2, -0.15) is 0 Å². The fourth-order valence-corrected chi connectivity index (χ4v) is 3.30. The molecule has 0 saturated carbocycles. The van der Waals surface area contributed by atoms with Crippen LogP contribution in [0.3, 0.4) is 0 Å². The van der Waals surface area contributed by atoms with E-state index < -0.39 is 17.9 Å². The molecule has 11 nitrogen and oxygen atoms in total. The van der Waals surface area contributed by atoms with E-state index in [0.29, 0.717) is 12.0 Å². The fourth-order valence-electron chi connectivity index (χ4n) is 3.30. The quantitative estimate of drug-likeness (QED) is 0.326. The summed E-state index contributed by atoms with van der Waals surface area (Å²) in [5.41, 5.74) is 6.77. The summed E-state index contributed by atoms with van der Waals surface area (Å²) < 4.78 is 1.41. The number of piperazine rings is 1. The lowest BCUT2D eigenvalue weighted by Gasteiger charge is -2.34. The van der Waals surface area contributed by atoms with Gasteiger partial charge in [0.05, 0.1) is 5.69 Å². The number of nitrogens with zero attached hydrogens (tertiary/aromatic N) is 5. The van der Waals surface area contributed by atoms with E-state index >= 15 is 0 Å². The van der Waals surface area contributed by atoms with Crippen molar-refractivity contribution in [2.24, 2.45) is 5.73 Å². The van der Waals surface area contributed by atoms with E-state index in [1.807, 2.05) is 4.90 Å². The Hall–Kier alpha value is -3.47. The largest absolute Gasteiger partial charge is 0.479 e. The molecule has 2 heterocycles. The Morgan fingerprint density at radius 1 is 1.20 bits per heavy atom. The molecule has 0 bridgehead atoms. The highest BCUT2D eigenvalue weighted by molar-refractivity contribution is 5.84. The van der Waals surface area contributed by atoms with Crippen LogP contribution >= 0.6 is 0 Å². The number of carbonyl (C=O) groups is 2. The van der Waals surface area contributed by atoms with Crippen molar-refractivity contribution < 1.29 is 14.7 Å². The summed E-state index contributed by atoms with van der Waals surface area (Å²) in [6, 6.07) is 7.42. The van der Waals surface area contributed by atoms with E-state index in [9.17, 15) is 14.7 Å². The van der Waals surface area contributed by atoms with E-state index in [1.54, 1.807) is 36.5 Å². The van der Waals surface area contributed by atoms with Crippen molar-refractivity contribution >= 4 is 17.8 Å². The van der Waals surface area contributed by atoms with Crippen LogP contribution in [0.15, 0.2) is 36.5 Å². The molecule has 1 aliphatic heterocycles. The summed E-state index contributed by atoms with van der Waals surface area (Å²) >= 11 is 0. The summed E-state index contributed by atoms with van der Waals surface area (Å²) in [7, 11) is 0. The van der Waals surface area contributed by atoms with Crippen LogP contribution in [0.1, 0.15) is 17.3 Å². The van der Waals surface area contributed by atoms with Crippen LogP contribution in [0, 0.1) is 5.41 Å². The van der Waals surface area contributed by atoms with Gasteiger partial charge in [-0.1, -0.05) is 35.5 Å². The minimum Gasteiger partial charge on any atom is -0.479 e. The monoisotopic (exact) mass is 414 g/mol. The number of aromatic nitrogens is 3. The Bertz CT molecular complexity index is 877. The molecule has 30 heavy (non-hydrogen) atoms. The first-order valence-electron chi connectivity index (χ1n) is 9.70. The third-order valence-electron chi connectivity index (χ3n) is 4.97. The molecule has 1 fully saturated rings. The van der Waals surface area contributed by atoms with E-state index in [4.69, 9.17) is 11.1 Å². The number of hydrogen-bond donors (Lipinski definition) is 4. The Labute approximate surface area is 174 Å². The van der Waals surface area contributed by atoms with Gasteiger partial charge in [-0.3, -0.25) is 15.1 Å². The molecular formula is C19H26N8O3. The number of nitrogens with two attached hydrogens (primary N) is 1. The number of aliphatic carboxylic acids is 1. The number of hydrogen-bond acceptors (Lipinski definition) is 6. The average Bonchev–Trinajstić information content (AvgIpc) is 3.18. The molecule has 11 heteroatoms. The molecule has 1 saturated heterocycles. The first-order valence-corrected chi connectivity index (χ1v) is 9.70. The smallest absolute Gasteiger partial charge is 0.330 e. The van der Waals surface area contributed by atoms with Crippen molar-refractivity contribution in [2.45, 2.75) is 19.0 Å².